The lowest BCUT2D eigenvalue weighted by atomic mass is 9.68. The van der Waals surface area contributed by atoms with Gasteiger partial charge in [-0.15, -0.1) is 0 Å². The zero-order valence-corrected chi connectivity index (χ0v) is 24.5. The van der Waals surface area contributed by atoms with E-state index < -0.39 is 17.6 Å². The molecule has 1 nitrogen and oxygen atoms in total. The van der Waals surface area contributed by atoms with Crippen LogP contribution >= 0.6 is 0 Å². The molecule has 2 aliphatic rings. The maximum atomic E-state index is 6.24. The predicted octanol–water partition coefficient (Wildman–Crippen LogP) is 7.13. The molecule has 0 aromatic heterocycles. The predicted molar refractivity (Wildman–Crippen MR) is 149 cm³/mol. The van der Waals surface area contributed by atoms with Crippen LogP contribution in [0.25, 0.3) is 0 Å². The van der Waals surface area contributed by atoms with E-state index in [9.17, 15) is 0 Å². The van der Waals surface area contributed by atoms with E-state index in [0.29, 0.717) is 0 Å². The summed E-state index contributed by atoms with van der Waals surface area (Å²) in [5.41, 5.74) is 1.67. The number of hydrogen-bond acceptors (Lipinski definition) is 1. The lowest BCUT2D eigenvalue weighted by molar-refractivity contribution is 0.155. The first-order valence-electron chi connectivity index (χ1n) is 14.2. The number of hydrogen-bond donors (Lipinski definition) is 0. The highest BCUT2D eigenvalue weighted by Crippen LogP contribution is 2.44. The zero-order valence-electron chi connectivity index (χ0n) is 22.2. The van der Waals surface area contributed by atoms with E-state index in [1.54, 1.807) is 15.9 Å². The molecule has 0 N–H and O–H groups in total. The van der Waals surface area contributed by atoms with Gasteiger partial charge in [0, 0.05) is 0 Å². The molecule has 0 spiro atoms. The molecular formula is C29H52OSi2. The lowest BCUT2D eigenvalue weighted by Crippen LogP contribution is -2.36. The molecule has 0 amide bonds. The number of benzene rings is 1. The summed E-state index contributed by atoms with van der Waals surface area (Å²) in [6, 6.07) is 5.18. The van der Waals surface area contributed by atoms with Crippen molar-refractivity contribution in [1.29, 1.82) is 0 Å². The van der Waals surface area contributed by atoms with Crippen molar-refractivity contribution in [3.8, 4) is 5.75 Å². The number of ether oxygens (including phenoxy) is 1. The largest absolute Gasteiger partial charge is 0.494 e. The Morgan fingerprint density at radius 1 is 0.750 bits per heavy atom. The summed E-state index contributed by atoms with van der Waals surface area (Å²) < 4.78 is 6.24. The fourth-order valence-electron chi connectivity index (χ4n) is 6.66. The van der Waals surface area contributed by atoms with Crippen molar-refractivity contribution < 1.29 is 4.74 Å². The SMILES string of the molecule is CCCCCC1CCC(C2CCC(c3cc([SiH](C)C)c(OCC)c([SiH](C)C)c3)CC2)CC1. The summed E-state index contributed by atoms with van der Waals surface area (Å²) >= 11 is 0. The molecule has 1 aromatic carbocycles. The summed E-state index contributed by atoms with van der Waals surface area (Å²) in [7, 11) is -1.81. The minimum atomic E-state index is -0.907. The highest BCUT2D eigenvalue weighted by molar-refractivity contribution is 6.75. The van der Waals surface area contributed by atoms with Crippen LogP contribution in [0, 0.1) is 17.8 Å². The highest BCUT2D eigenvalue weighted by atomic mass is 28.3. The van der Waals surface area contributed by atoms with E-state index >= 15 is 0 Å². The molecule has 2 saturated carbocycles. The van der Waals surface area contributed by atoms with Gasteiger partial charge in [-0.1, -0.05) is 83.8 Å². The number of unbranched alkanes of at least 4 members (excludes halogenated alkanes) is 2. The number of rotatable bonds is 10. The molecule has 0 saturated heterocycles. The highest BCUT2D eigenvalue weighted by Gasteiger charge is 2.32. The van der Waals surface area contributed by atoms with Crippen molar-refractivity contribution in [3.05, 3.63) is 17.7 Å². The van der Waals surface area contributed by atoms with Crippen molar-refractivity contribution >= 4 is 28.0 Å². The maximum Gasteiger partial charge on any atom is 0.117 e. The Morgan fingerprint density at radius 3 is 1.75 bits per heavy atom. The van der Waals surface area contributed by atoms with Gasteiger partial charge in [0.25, 0.3) is 0 Å². The summed E-state index contributed by atoms with van der Waals surface area (Å²) in [5.74, 6) is 5.20. The monoisotopic (exact) mass is 472 g/mol. The molecule has 1 aromatic rings. The molecule has 0 atom stereocenters. The molecule has 182 valence electrons. The Hall–Kier alpha value is -0.546. The molecule has 0 unspecified atom stereocenters. The Morgan fingerprint density at radius 2 is 1.28 bits per heavy atom. The zero-order chi connectivity index (χ0) is 23.1. The fourth-order valence-corrected chi connectivity index (χ4v) is 9.43. The van der Waals surface area contributed by atoms with Crippen LogP contribution < -0.4 is 15.1 Å². The van der Waals surface area contributed by atoms with Gasteiger partial charge >= 0.3 is 0 Å². The molecule has 0 bridgehead atoms. The smallest absolute Gasteiger partial charge is 0.117 e. The summed E-state index contributed by atoms with van der Waals surface area (Å²) in [5, 5.41) is 3.20. The normalized spacial score (nSPS) is 26.6. The second-order valence-corrected chi connectivity index (χ2v) is 17.5. The summed E-state index contributed by atoms with van der Waals surface area (Å²) in [6.07, 6.45) is 17.7. The minimum absolute atomic E-state index is 0.797. The summed E-state index contributed by atoms with van der Waals surface area (Å²) in [4.78, 5) is 0. The van der Waals surface area contributed by atoms with Gasteiger partial charge in [-0.2, -0.15) is 0 Å². The van der Waals surface area contributed by atoms with Gasteiger partial charge in [-0.05, 0) is 85.1 Å². The second-order valence-electron chi connectivity index (χ2n) is 11.7. The van der Waals surface area contributed by atoms with Crippen LogP contribution in [-0.2, 0) is 0 Å². The van der Waals surface area contributed by atoms with E-state index in [1.165, 1.54) is 82.8 Å². The Balaban J connectivity index is 1.60. The third-order valence-electron chi connectivity index (χ3n) is 8.72. The van der Waals surface area contributed by atoms with Gasteiger partial charge in [0.2, 0.25) is 0 Å². The van der Waals surface area contributed by atoms with Crippen LogP contribution in [0.1, 0.15) is 102 Å². The van der Waals surface area contributed by atoms with Crippen molar-refractivity contribution in [1.82, 2.24) is 0 Å². The minimum Gasteiger partial charge on any atom is -0.494 e. The average molecular weight is 473 g/mol. The van der Waals surface area contributed by atoms with E-state index in [4.69, 9.17) is 4.74 Å². The third kappa shape index (κ3) is 6.75. The molecule has 0 heterocycles. The van der Waals surface area contributed by atoms with Crippen LogP contribution in [0.15, 0.2) is 12.1 Å². The topological polar surface area (TPSA) is 9.23 Å². The third-order valence-corrected chi connectivity index (χ3v) is 12.1. The Kier molecular flexibility index (Phi) is 10.4. The van der Waals surface area contributed by atoms with Crippen LogP contribution in [0.4, 0.5) is 0 Å². The average Bonchev–Trinajstić information content (AvgIpc) is 2.80. The Labute approximate surface area is 203 Å². The molecule has 3 rings (SSSR count). The molecule has 2 aliphatic carbocycles. The Bertz CT molecular complexity index is 653. The molecule has 2 fully saturated rings. The van der Waals surface area contributed by atoms with Crippen LogP contribution in [-0.4, -0.2) is 24.2 Å². The van der Waals surface area contributed by atoms with Crippen LogP contribution in [0.3, 0.4) is 0 Å². The molecule has 0 radical (unpaired) electrons. The lowest BCUT2D eigenvalue weighted by Gasteiger charge is -2.38. The van der Waals surface area contributed by atoms with Crippen molar-refractivity contribution in [2.75, 3.05) is 6.61 Å². The van der Waals surface area contributed by atoms with Gasteiger partial charge in [0.05, 0.1) is 24.2 Å². The first kappa shape index (κ1) is 26.1. The van der Waals surface area contributed by atoms with Crippen molar-refractivity contribution in [2.24, 2.45) is 17.8 Å². The standard InChI is InChI=1S/C29H52OSi2/c1-7-9-10-11-22-12-14-23(15-13-22)24-16-18-25(19-17-24)26-20-27(31(3)4)29(30-8-2)28(21-26)32(5)6/h20-25,31-32H,7-19H2,1-6H3. The van der Waals surface area contributed by atoms with Crippen molar-refractivity contribution in [3.63, 3.8) is 0 Å². The van der Waals surface area contributed by atoms with Gasteiger partial charge < -0.3 is 4.74 Å². The van der Waals surface area contributed by atoms with E-state index in [2.05, 4.69) is 52.2 Å². The molecular weight excluding hydrogens is 420 g/mol. The van der Waals surface area contributed by atoms with Gasteiger partial charge in [0.1, 0.15) is 5.75 Å². The molecule has 3 heteroatoms. The second kappa shape index (κ2) is 12.8. The van der Waals surface area contributed by atoms with Gasteiger partial charge in [0.15, 0.2) is 0 Å². The van der Waals surface area contributed by atoms with E-state index in [1.807, 2.05) is 0 Å². The van der Waals surface area contributed by atoms with Gasteiger partial charge in [-0.25, -0.2) is 0 Å². The molecule has 0 aliphatic heterocycles. The molecule has 32 heavy (non-hydrogen) atoms. The summed E-state index contributed by atoms with van der Waals surface area (Å²) in [6.45, 7) is 15.2. The van der Waals surface area contributed by atoms with E-state index in [0.717, 1.165) is 30.3 Å². The maximum absolute atomic E-state index is 6.24. The van der Waals surface area contributed by atoms with Gasteiger partial charge in [-0.3, -0.25) is 0 Å². The first-order valence-corrected chi connectivity index (χ1v) is 20.0. The van der Waals surface area contributed by atoms with E-state index in [-0.39, 0.29) is 0 Å². The first-order chi connectivity index (χ1) is 15.4. The van der Waals surface area contributed by atoms with Crippen molar-refractivity contribution in [2.45, 2.75) is 123 Å². The fraction of sp³-hybridized carbons (Fsp3) is 0.793. The van der Waals surface area contributed by atoms with Crippen LogP contribution in [0.5, 0.6) is 5.75 Å². The quantitative estimate of drug-likeness (QED) is 0.260. The van der Waals surface area contributed by atoms with Crippen LogP contribution in [0.2, 0.25) is 26.2 Å².